The molecule has 1 saturated carbocycles. The molecule has 0 aromatic carbocycles. The molecule has 1 aliphatic carbocycles. The average Bonchev–Trinajstić information content (AvgIpc) is 2.35. The Balaban J connectivity index is 2.17. The van der Waals surface area contributed by atoms with E-state index in [1.165, 1.54) is 44.9 Å². The lowest BCUT2D eigenvalue weighted by Gasteiger charge is -2.30. The predicted molar refractivity (Wildman–Crippen MR) is 78.7 cm³/mol. The summed E-state index contributed by atoms with van der Waals surface area (Å²) in [4.78, 5) is 11.9. The molecule has 1 nitrogen and oxygen atoms in total. The molecule has 2 atom stereocenters. The van der Waals surface area contributed by atoms with E-state index in [0.29, 0.717) is 11.7 Å². The van der Waals surface area contributed by atoms with Crippen molar-refractivity contribution in [2.75, 3.05) is 0 Å². The minimum Gasteiger partial charge on any atom is -0.299 e. The van der Waals surface area contributed by atoms with E-state index < -0.39 is 0 Å². The van der Waals surface area contributed by atoms with E-state index in [0.717, 1.165) is 31.1 Å². The number of carbonyl (C=O) groups excluding carboxylic acids is 1. The van der Waals surface area contributed by atoms with Crippen LogP contribution in [0.1, 0.15) is 85.0 Å². The Labute approximate surface area is 114 Å². The highest BCUT2D eigenvalue weighted by molar-refractivity contribution is 5.81. The topological polar surface area (TPSA) is 17.1 Å². The Bertz CT molecular complexity index is 232. The molecule has 0 heterocycles. The predicted octanol–water partition coefficient (Wildman–Crippen LogP) is 5.38. The number of hydrogen-bond acceptors (Lipinski definition) is 1. The highest BCUT2D eigenvalue weighted by Crippen LogP contribution is 2.34. The van der Waals surface area contributed by atoms with Crippen molar-refractivity contribution in [3.8, 4) is 0 Å². The maximum absolute atomic E-state index is 11.9. The Morgan fingerprint density at radius 2 is 1.78 bits per heavy atom. The zero-order chi connectivity index (χ0) is 13.4. The van der Waals surface area contributed by atoms with Gasteiger partial charge in [0, 0.05) is 12.3 Å². The zero-order valence-corrected chi connectivity index (χ0v) is 12.7. The second-order valence-electron chi connectivity index (χ2n) is 6.50. The quantitative estimate of drug-likeness (QED) is 0.530. The maximum Gasteiger partial charge on any atom is 0.135 e. The largest absolute Gasteiger partial charge is 0.299 e. The van der Waals surface area contributed by atoms with Gasteiger partial charge in [0.25, 0.3) is 0 Å². The van der Waals surface area contributed by atoms with Crippen LogP contribution in [-0.2, 0) is 4.79 Å². The monoisotopic (exact) mass is 252 g/mol. The average molecular weight is 252 g/mol. The van der Waals surface area contributed by atoms with Crippen LogP contribution < -0.4 is 0 Å². The van der Waals surface area contributed by atoms with Gasteiger partial charge in [0.05, 0.1) is 0 Å². The van der Waals surface area contributed by atoms with Gasteiger partial charge in [-0.1, -0.05) is 59.3 Å². The van der Waals surface area contributed by atoms with Gasteiger partial charge in [-0.25, -0.2) is 0 Å². The Kier molecular flexibility index (Phi) is 7.62. The van der Waals surface area contributed by atoms with Crippen molar-refractivity contribution in [3.63, 3.8) is 0 Å². The first-order valence-electron chi connectivity index (χ1n) is 8.17. The molecule has 18 heavy (non-hydrogen) atoms. The van der Waals surface area contributed by atoms with Crippen molar-refractivity contribution in [2.45, 2.75) is 85.0 Å². The molecule has 0 radical (unpaired) electrons. The highest BCUT2D eigenvalue weighted by Gasteiger charge is 2.29. The fourth-order valence-corrected chi connectivity index (χ4v) is 3.20. The number of hydrogen-bond donors (Lipinski definition) is 0. The summed E-state index contributed by atoms with van der Waals surface area (Å²) >= 11 is 0. The van der Waals surface area contributed by atoms with E-state index in [2.05, 4.69) is 20.8 Å². The van der Waals surface area contributed by atoms with Crippen LogP contribution in [0, 0.1) is 17.8 Å². The smallest absolute Gasteiger partial charge is 0.135 e. The van der Waals surface area contributed by atoms with Crippen LogP contribution in [0.2, 0.25) is 0 Å². The van der Waals surface area contributed by atoms with E-state index in [9.17, 15) is 4.79 Å². The van der Waals surface area contributed by atoms with Crippen LogP contribution in [0.4, 0.5) is 0 Å². The van der Waals surface area contributed by atoms with Crippen molar-refractivity contribution in [1.82, 2.24) is 0 Å². The summed E-state index contributed by atoms with van der Waals surface area (Å²) in [5.41, 5.74) is 0. The van der Waals surface area contributed by atoms with Crippen molar-refractivity contribution >= 4 is 5.78 Å². The van der Waals surface area contributed by atoms with Crippen LogP contribution in [-0.4, -0.2) is 5.78 Å². The van der Waals surface area contributed by atoms with Crippen molar-refractivity contribution in [3.05, 3.63) is 0 Å². The number of carbonyl (C=O) groups is 1. The van der Waals surface area contributed by atoms with Gasteiger partial charge in [0.1, 0.15) is 5.78 Å². The zero-order valence-electron chi connectivity index (χ0n) is 12.7. The molecular weight excluding hydrogens is 220 g/mol. The molecule has 0 aliphatic heterocycles. The normalized spacial score (nSPS) is 24.8. The second kappa shape index (κ2) is 8.72. The summed E-state index contributed by atoms with van der Waals surface area (Å²) in [6.45, 7) is 6.87. The molecule has 0 spiro atoms. The van der Waals surface area contributed by atoms with Crippen molar-refractivity contribution in [2.24, 2.45) is 17.8 Å². The minimum atomic E-state index is 0.400. The lowest BCUT2D eigenvalue weighted by molar-refractivity contribution is -0.126. The Morgan fingerprint density at radius 1 is 1.11 bits per heavy atom. The molecule has 1 heteroatoms. The summed E-state index contributed by atoms with van der Waals surface area (Å²) in [6.07, 6.45) is 12.4. The SMILES string of the molecule is CCCCCCCCC1CC(C(C)C)CCC1=O. The molecule has 0 saturated heterocycles. The lowest BCUT2D eigenvalue weighted by atomic mass is 9.74. The summed E-state index contributed by atoms with van der Waals surface area (Å²) in [7, 11) is 0. The third kappa shape index (κ3) is 5.54. The van der Waals surface area contributed by atoms with Gasteiger partial charge >= 0.3 is 0 Å². The first-order chi connectivity index (χ1) is 8.65. The molecule has 0 N–H and O–H groups in total. The molecule has 1 aliphatic rings. The molecule has 0 amide bonds. The van der Waals surface area contributed by atoms with Crippen LogP contribution in [0.3, 0.4) is 0 Å². The van der Waals surface area contributed by atoms with Gasteiger partial charge in [-0.05, 0) is 31.1 Å². The Morgan fingerprint density at radius 3 is 2.44 bits per heavy atom. The first kappa shape index (κ1) is 15.7. The van der Waals surface area contributed by atoms with Crippen molar-refractivity contribution < 1.29 is 4.79 Å². The van der Waals surface area contributed by atoms with Crippen LogP contribution >= 0.6 is 0 Å². The van der Waals surface area contributed by atoms with Gasteiger partial charge in [-0.3, -0.25) is 4.79 Å². The Hall–Kier alpha value is -0.330. The second-order valence-corrected chi connectivity index (χ2v) is 6.50. The first-order valence-corrected chi connectivity index (χ1v) is 8.17. The summed E-state index contributed by atoms with van der Waals surface area (Å²) in [5.74, 6) is 2.51. The standard InChI is InChI=1S/C17H32O/c1-4-5-6-7-8-9-10-16-13-15(14(2)3)11-12-17(16)18/h14-16H,4-13H2,1-3H3. The van der Waals surface area contributed by atoms with E-state index in [-0.39, 0.29) is 0 Å². The number of unbranched alkanes of at least 4 members (excludes halogenated alkanes) is 5. The van der Waals surface area contributed by atoms with Gasteiger partial charge in [0.15, 0.2) is 0 Å². The van der Waals surface area contributed by atoms with E-state index >= 15 is 0 Å². The number of ketones is 1. The maximum atomic E-state index is 11.9. The van der Waals surface area contributed by atoms with Gasteiger partial charge < -0.3 is 0 Å². The van der Waals surface area contributed by atoms with Gasteiger partial charge in [-0.15, -0.1) is 0 Å². The molecule has 2 unspecified atom stereocenters. The van der Waals surface area contributed by atoms with E-state index in [4.69, 9.17) is 0 Å². The molecule has 0 aromatic heterocycles. The lowest BCUT2D eigenvalue weighted by Crippen LogP contribution is -2.27. The molecule has 0 bridgehead atoms. The molecule has 1 fully saturated rings. The summed E-state index contributed by atoms with van der Waals surface area (Å²) < 4.78 is 0. The van der Waals surface area contributed by atoms with E-state index in [1.54, 1.807) is 0 Å². The third-order valence-corrected chi connectivity index (χ3v) is 4.65. The third-order valence-electron chi connectivity index (χ3n) is 4.65. The van der Waals surface area contributed by atoms with E-state index in [1.807, 2.05) is 0 Å². The van der Waals surface area contributed by atoms with Crippen LogP contribution in [0.5, 0.6) is 0 Å². The van der Waals surface area contributed by atoms with Crippen molar-refractivity contribution in [1.29, 1.82) is 0 Å². The molecular formula is C17H32O. The molecule has 1 rings (SSSR count). The number of Topliss-reactive ketones (excluding diaryl/α,β-unsaturated/α-hetero) is 1. The van der Waals surface area contributed by atoms with Gasteiger partial charge in [-0.2, -0.15) is 0 Å². The van der Waals surface area contributed by atoms with Gasteiger partial charge in [0.2, 0.25) is 0 Å². The van der Waals surface area contributed by atoms with Crippen LogP contribution in [0.15, 0.2) is 0 Å². The summed E-state index contributed by atoms with van der Waals surface area (Å²) in [6, 6.07) is 0. The van der Waals surface area contributed by atoms with Crippen LogP contribution in [0.25, 0.3) is 0 Å². The molecule has 0 aromatic rings. The summed E-state index contributed by atoms with van der Waals surface area (Å²) in [5, 5.41) is 0. The fourth-order valence-electron chi connectivity index (χ4n) is 3.20. The number of rotatable bonds is 8. The molecule has 106 valence electrons. The highest BCUT2D eigenvalue weighted by atomic mass is 16.1. The fraction of sp³-hybridized carbons (Fsp3) is 0.941. The minimum absolute atomic E-state index is 0.400.